The zero-order chi connectivity index (χ0) is 12.5. The van der Waals surface area contributed by atoms with Crippen molar-refractivity contribution in [2.24, 2.45) is 5.92 Å². The van der Waals surface area contributed by atoms with Crippen molar-refractivity contribution in [1.82, 2.24) is 9.88 Å². The lowest BCUT2D eigenvalue weighted by molar-refractivity contribution is 0.237. The first-order valence-corrected chi connectivity index (χ1v) is 7.59. The minimum atomic E-state index is 0.766. The molecular weight excluding hydrogens is 276 g/mol. The first-order valence-electron chi connectivity index (χ1n) is 6.47. The number of pyridine rings is 1. The summed E-state index contributed by atoms with van der Waals surface area (Å²) in [7, 11) is 0. The zero-order valence-corrected chi connectivity index (χ0v) is 12.5. The van der Waals surface area contributed by atoms with Crippen LogP contribution in [0.2, 0.25) is 0 Å². The van der Waals surface area contributed by atoms with E-state index in [-0.39, 0.29) is 0 Å². The Morgan fingerprint density at radius 2 is 2.00 bits per heavy atom. The molecule has 0 fully saturated rings. The van der Waals surface area contributed by atoms with Gasteiger partial charge in [0, 0.05) is 30.8 Å². The van der Waals surface area contributed by atoms with Gasteiger partial charge >= 0.3 is 0 Å². The molecule has 1 rings (SSSR count). The molecule has 1 atom stereocenters. The van der Waals surface area contributed by atoms with Gasteiger partial charge in [0.05, 0.1) is 0 Å². The Morgan fingerprint density at radius 1 is 1.29 bits per heavy atom. The maximum Gasteiger partial charge on any atom is 0.0271 e. The second-order valence-electron chi connectivity index (χ2n) is 4.49. The summed E-state index contributed by atoms with van der Waals surface area (Å²) >= 11 is 3.62. The molecule has 0 radical (unpaired) electrons. The van der Waals surface area contributed by atoms with Crippen LogP contribution in [0.1, 0.15) is 32.3 Å². The lowest BCUT2D eigenvalue weighted by atomic mass is 10.1. The molecule has 3 heteroatoms. The zero-order valence-electron chi connectivity index (χ0n) is 10.9. The summed E-state index contributed by atoms with van der Waals surface area (Å²) < 4.78 is 0. The number of halogens is 1. The minimum Gasteiger partial charge on any atom is -0.299 e. The van der Waals surface area contributed by atoms with Gasteiger partial charge in [-0.25, -0.2) is 0 Å². The lowest BCUT2D eigenvalue weighted by Crippen LogP contribution is -2.29. The molecule has 96 valence electrons. The smallest absolute Gasteiger partial charge is 0.0271 e. The Bertz CT molecular complexity index is 290. The van der Waals surface area contributed by atoms with Crippen molar-refractivity contribution in [2.45, 2.75) is 33.2 Å². The predicted octanol–water partition coefficient (Wildman–Crippen LogP) is 3.71. The summed E-state index contributed by atoms with van der Waals surface area (Å²) in [5, 5.41) is 1.10. The fraction of sp³-hybridized carbons (Fsp3) is 0.643. The topological polar surface area (TPSA) is 16.1 Å². The van der Waals surface area contributed by atoms with Crippen LogP contribution in [0.4, 0.5) is 0 Å². The normalized spacial score (nSPS) is 12.9. The molecule has 17 heavy (non-hydrogen) atoms. The van der Waals surface area contributed by atoms with Crippen molar-refractivity contribution in [3.8, 4) is 0 Å². The highest BCUT2D eigenvalue weighted by molar-refractivity contribution is 9.09. The molecule has 1 heterocycles. The number of aromatic nitrogens is 1. The van der Waals surface area contributed by atoms with E-state index in [2.05, 4.69) is 51.8 Å². The molecule has 0 saturated heterocycles. The monoisotopic (exact) mass is 298 g/mol. The van der Waals surface area contributed by atoms with Gasteiger partial charge < -0.3 is 0 Å². The average molecular weight is 299 g/mol. The van der Waals surface area contributed by atoms with Crippen LogP contribution in [0.15, 0.2) is 24.5 Å². The third-order valence-corrected chi connectivity index (χ3v) is 3.95. The van der Waals surface area contributed by atoms with E-state index in [1.807, 2.05) is 12.4 Å². The first kappa shape index (κ1) is 14.7. The predicted molar refractivity (Wildman–Crippen MR) is 77.4 cm³/mol. The van der Waals surface area contributed by atoms with E-state index in [0.29, 0.717) is 0 Å². The van der Waals surface area contributed by atoms with Crippen LogP contribution in [0, 0.1) is 5.92 Å². The van der Waals surface area contributed by atoms with Crippen LogP contribution in [-0.2, 0) is 6.54 Å². The van der Waals surface area contributed by atoms with Gasteiger partial charge in [0.15, 0.2) is 0 Å². The third kappa shape index (κ3) is 5.64. The van der Waals surface area contributed by atoms with E-state index in [1.54, 1.807) is 0 Å². The van der Waals surface area contributed by atoms with Gasteiger partial charge in [-0.1, -0.05) is 36.2 Å². The van der Waals surface area contributed by atoms with E-state index >= 15 is 0 Å². The number of hydrogen-bond donors (Lipinski definition) is 0. The number of alkyl halides is 1. The summed E-state index contributed by atoms with van der Waals surface area (Å²) in [6.45, 7) is 7.81. The largest absolute Gasteiger partial charge is 0.299 e. The van der Waals surface area contributed by atoms with Crippen LogP contribution < -0.4 is 0 Å². The average Bonchev–Trinajstić information content (AvgIpc) is 2.38. The van der Waals surface area contributed by atoms with Gasteiger partial charge in [-0.2, -0.15) is 0 Å². The summed E-state index contributed by atoms with van der Waals surface area (Å²) in [5.41, 5.74) is 1.35. The Kier molecular flexibility index (Phi) is 7.45. The Morgan fingerprint density at radius 3 is 2.53 bits per heavy atom. The molecule has 0 saturated carbocycles. The van der Waals surface area contributed by atoms with Crippen molar-refractivity contribution >= 4 is 15.9 Å². The summed E-state index contributed by atoms with van der Waals surface area (Å²) in [6.07, 6.45) is 6.32. The van der Waals surface area contributed by atoms with E-state index in [0.717, 1.165) is 24.3 Å². The van der Waals surface area contributed by atoms with E-state index in [9.17, 15) is 0 Å². The fourth-order valence-electron chi connectivity index (χ4n) is 2.04. The number of rotatable bonds is 8. The Balaban J connectivity index is 2.48. The fourth-order valence-corrected chi connectivity index (χ4v) is 2.57. The van der Waals surface area contributed by atoms with Crippen molar-refractivity contribution in [3.63, 3.8) is 0 Å². The second-order valence-corrected chi connectivity index (χ2v) is 5.14. The highest BCUT2D eigenvalue weighted by Crippen LogP contribution is 2.13. The number of nitrogens with zero attached hydrogens (tertiary/aromatic N) is 2. The van der Waals surface area contributed by atoms with Crippen molar-refractivity contribution in [3.05, 3.63) is 30.1 Å². The maximum absolute atomic E-state index is 4.06. The van der Waals surface area contributed by atoms with Crippen LogP contribution in [-0.4, -0.2) is 28.3 Å². The first-order chi connectivity index (χ1) is 8.30. The molecule has 0 aliphatic rings. The van der Waals surface area contributed by atoms with E-state index in [4.69, 9.17) is 0 Å². The van der Waals surface area contributed by atoms with Gasteiger partial charge in [0.1, 0.15) is 0 Å². The molecule has 0 spiro atoms. The highest BCUT2D eigenvalue weighted by Gasteiger charge is 2.11. The minimum absolute atomic E-state index is 0.766. The molecule has 0 amide bonds. The Labute approximate surface area is 114 Å². The van der Waals surface area contributed by atoms with E-state index in [1.165, 1.54) is 24.9 Å². The molecule has 1 aromatic rings. The van der Waals surface area contributed by atoms with Gasteiger partial charge in [-0.3, -0.25) is 9.88 Å². The van der Waals surface area contributed by atoms with Gasteiger partial charge in [-0.05, 0) is 36.6 Å². The molecule has 0 aliphatic heterocycles. The Hall–Kier alpha value is -0.410. The summed E-state index contributed by atoms with van der Waals surface area (Å²) in [4.78, 5) is 6.57. The molecule has 1 aromatic heterocycles. The van der Waals surface area contributed by atoms with Crippen molar-refractivity contribution < 1.29 is 0 Å². The number of hydrogen-bond acceptors (Lipinski definition) is 2. The van der Waals surface area contributed by atoms with Crippen molar-refractivity contribution in [2.75, 3.05) is 18.4 Å². The molecule has 0 aliphatic carbocycles. The quantitative estimate of drug-likeness (QED) is 0.680. The molecule has 2 nitrogen and oxygen atoms in total. The highest BCUT2D eigenvalue weighted by atomic mass is 79.9. The third-order valence-electron chi connectivity index (χ3n) is 3.03. The molecule has 1 unspecified atom stereocenters. The van der Waals surface area contributed by atoms with Gasteiger partial charge in [0.2, 0.25) is 0 Å². The van der Waals surface area contributed by atoms with Crippen LogP contribution >= 0.6 is 15.9 Å². The van der Waals surface area contributed by atoms with Crippen LogP contribution in [0.25, 0.3) is 0 Å². The van der Waals surface area contributed by atoms with Gasteiger partial charge in [-0.15, -0.1) is 0 Å². The van der Waals surface area contributed by atoms with Crippen molar-refractivity contribution in [1.29, 1.82) is 0 Å². The molecule has 0 bridgehead atoms. The van der Waals surface area contributed by atoms with E-state index < -0.39 is 0 Å². The molecule has 0 N–H and O–H groups in total. The molecular formula is C14H23BrN2. The standard InChI is InChI=1S/C14H23BrN2/c1-3-5-14(10-15)12-17(4-2)11-13-6-8-16-9-7-13/h6-9,14H,3-5,10-12H2,1-2H3. The molecule has 0 aromatic carbocycles. The van der Waals surface area contributed by atoms with Crippen LogP contribution in [0.3, 0.4) is 0 Å². The second kappa shape index (κ2) is 8.65. The maximum atomic E-state index is 4.06. The summed E-state index contributed by atoms with van der Waals surface area (Å²) in [5.74, 6) is 0.766. The SMILES string of the molecule is CCCC(CBr)CN(CC)Cc1ccncc1. The lowest BCUT2D eigenvalue weighted by Gasteiger charge is -2.25. The summed E-state index contributed by atoms with van der Waals surface area (Å²) in [6, 6.07) is 4.21. The van der Waals surface area contributed by atoms with Crippen LogP contribution in [0.5, 0.6) is 0 Å². The van der Waals surface area contributed by atoms with Gasteiger partial charge in [0.25, 0.3) is 0 Å².